The quantitative estimate of drug-likeness (QED) is 0.546. The Morgan fingerprint density at radius 1 is 1.10 bits per heavy atom. The van der Waals surface area contributed by atoms with Crippen LogP contribution in [0.3, 0.4) is 0 Å². The van der Waals surface area contributed by atoms with Crippen LogP contribution >= 0.6 is 11.6 Å². The SMILES string of the molecule is O=C(NCc1cccnc1)Nc1ccc(S(=O)(=O)Nc2cc(Cl)ccc2F)cc1. The number of carbonyl (C=O) groups excluding carboxylic acids is 1. The minimum absolute atomic E-state index is 0.0989. The molecule has 0 radical (unpaired) electrons. The van der Waals surface area contributed by atoms with E-state index >= 15 is 0 Å². The molecule has 0 aliphatic carbocycles. The van der Waals surface area contributed by atoms with Gasteiger partial charge in [-0.2, -0.15) is 0 Å². The van der Waals surface area contributed by atoms with E-state index in [1.54, 1.807) is 18.5 Å². The van der Waals surface area contributed by atoms with Gasteiger partial charge in [0.15, 0.2) is 0 Å². The lowest BCUT2D eigenvalue weighted by Crippen LogP contribution is -2.28. The van der Waals surface area contributed by atoms with Crippen LogP contribution in [0.15, 0.2) is 71.9 Å². The first kappa shape index (κ1) is 20.6. The molecule has 1 aromatic heterocycles. The fraction of sp³-hybridized carbons (Fsp3) is 0.0526. The number of nitrogens with zero attached hydrogens (tertiary/aromatic N) is 1. The van der Waals surface area contributed by atoms with E-state index in [1.807, 2.05) is 6.07 Å². The summed E-state index contributed by atoms with van der Waals surface area (Å²) in [5.41, 5.74) is 0.972. The van der Waals surface area contributed by atoms with Gasteiger partial charge >= 0.3 is 6.03 Å². The monoisotopic (exact) mass is 434 g/mol. The second kappa shape index (κ2) is 8.89. The molecular weight excluding hydrogens is 419 g/mol. The summed E-state index contributed by atoms with van der Waals surface area (Å²) in [5.74, 6) is -0.749. The van der Waals surface area contributed by atoms with E-state index in [0.717, 1.165) is 11.6 Å². The van der Waals surface area contributed by atoms with E-state index in [2.05, 4.69) is 20.3 Å². The first-order valence-electron chi connectivity index (χ1n) is 8.35. The molecule has 0 atom stereocenters. The molecule has 3 N–H and O–H groups in total. The van der Waals surface area contributed by atoms with Gasteiger partial charge in [0.1, 0.15) is 5.82 Å². The van der Waals surface area contributed by atoms with Crippen LogP contribution in [0.25, 0.3) is 0 Å². The van der Waals surface area contributed by atoms with E-state index in [-0.39, 0.29) is 15.6 Å². The zero-order valence-electron chi connectivity index (χ0n) is 14.9. The highest BCUT2D eigenvalue weighted by Gasteiger charge is 2.17. The summed E-state index contributed by atoms with van der Waals surface area (Å²) in [6.45, 7) is 0.293. The fourth-order valence-corrected chi connectivity index (χ4v) is 3.59. The Labute approximate surface area is 172 Å². The predicted molar refractivity (Wildman–Crippen MR) is 109 cm³/mol. The molecule has 0 unspecified atom stereocenters. The van der Waals surface area contributed by atoms with E-state index in [4.69, 9.17) is 11.6 Å². The van der Waals surface area contributed by atoms with E-state index in [9.17, 15) is 17.6 Å². The van der Waals surface area contributed by atoms with Crippen molar-refractivity contribution in [3.05, 3.63) is 83.4 Å². The first-order chi connectivity index (χ1) is 13.8. The highest BCUT2D eigenvalue weighted by Crippen LogP contribution is 2.23. The smallest absolute Gasteiger partial charge is 0.319 e. The van der Waals surface area contributed by atoms with Gasteiger partial charge in [0.25, 0.3) is 10.0 Å². The summed E-state index contributed by atoms with van der Waals surface area (Å²) in [4.78, 5) is 15.8. The lowest BCUT2D eigenvalue weighted by molar-refractivity contribution is 0.251. The van der Waals surface area contributed by atoms with Crippen molar-refractivity contribution in [2.45, 2.75) is 11.4 Å². The molecule has 3 aromatic rings. The number of benzene rings is 2. The van der Waals surface area contributed by atoms with Crippen LogP contribution in [0.2, 0.25) is 5.02 Å². The summed E-state index contributed by atoms with van der Waals surface area (Å²) in [7, 11) is -4.03. The minimum Gasteiger partial charge on any atom is -0.334 e. The molecule has 3 rings (SSSR count). The van der Waals surface area contributed by atoms with Gasteiger partial charge in [-0.15, -0.1) is 0 Å². The fourth-order valence-electron chi connectivity index (χ4n) is 2.36. The summed E-state index contributed by atoms with van der Waals surface area (Å²) in [6.07, 6.45) is 3.27. The average Bonchev–Trinajstić information content (AvgIpc) is 2.70. The largest absolute Gasteiger partial charge is 0.334 e. The van der Waals surface area contributed by atoms with Crippen molar-refractivity contribution in [1.29, 1.82) is 0 Å². The maximum atomic E-state index is 13.8. The van der Waals surface area contributed by atoms with Crippen LogP contribution < -0.4 is 15.4 Å². The summed E-state index contributed by atoms with van der Waals surface area (Å²) < 4.78 is 40.8. The summed E-state index contributed by atoms with van der Waals surface area (Å²) >= 11 is 5.77. The van der Waals surface area contributed by atoms with Crippen molar-refractivity contribution in [2.75, 3.05) is 10.0 Å². The zero-order valence-corrected chi connectivity index (χ0v) is 16.5. The third kappa shape index (κ3) is 5.66. The minimum atomic E-state index is -4.03. The molecule has 29 heavy (non-hydrogen) atoms. The van der Waals surface area contributed by atoms with Crippen molar-refractivity contribution in [3.8, 4) is 0 Å². The number of hydrogen-bond donors (Lipinski definition) is 3. The molecule has 2 aromatic carbocycles. The highest BCUT2D eigenvalue weighted by molar-refractivity contribution is 7.92. The van der Waals surface area contributed by atoms with Crippen molar-refractivity contribution >= 4 is 39.0 Å². The van der Waals surface area contributed by atoms with Crippen LogP contribution in [0.1, 0.15) is 5.56 Å². The van der Waals surface area contributed by atoms with Gasteiger partial charge in [0.2, 0.25) is 0 Å². The number of pyridine rings is 1. The number of aromatic nitrogens is 1. The first-order valence-corrected chi connectivity index (χ1v) is 10.2. The number of rotatable bonds is 6. The van der Waals surface area contributed by atoms with E-state index in [0.29, 0.717) is 12.2 Å². The molecule has 0 spiro atoms. The van der Waals surface area contributed by atoms with E-state index < -0.39 is 21.9 Å². The average molecular weight is 435 g/mol. The second-order valence-corrected chi connectivity index (χ2v) is 8.04. The molecule has 0 saturated heterocycles. The number of sulfonamides is 1. The Morgan fingerprint density at radius 3 is 2.55 bits per heavy atom. The number of nitrogens with one attached hydrogen (secondary N) is 3. The Balaban J connectivity index is 1.63. The third-order valence-corrected chi connectivity index (χ3v) is 5.39. The van der Waals surface area contributed by atoms with Gasteiger partial charge < -0.3 is 10.6 Å². The van der Waals surface area contributed by atoms with Crippen LogP contribution in [0.5, 0.6) is 0 Å². The third-order valence-electron chi connectivity index (χ3n) is 3.77. The molecule has 0 aliphatic rings. The molecule has 0 fully saturated rings. The Hall–Kier alpha value is -3.17. The van der Waals surface area contributed by atoms with E-state index in [1.165, 1.54) is 36.4 Å². The Kier molecular flexibility index (Phi) is 6.30. The van der Waals surface area contributed by atoms with Gasteiger partial charge in [-0.3, -0.25) is 9.71 Å². The van der Waals surface area contributed by atoms with Crippen LogP contribution in [-0.4, -0.2) is 19.4 Å². The van der Waals surface area contributed by atoms with Gasteiger partial charge in [-0.1, -0.05) is 17.7 Å². The Morgan fingerprint density at radius 2 is 1.86 bits per heavy atom. The number of amides is 2. The standard InChI is InChI=1S/C19H16ClFN4O3S/c20-14-3-8-17(21)18(10-14)25-29(27,28)16-6-4-15(5-7-16)24-19(26)23-12-13-2-1-9-22-11-13/h1-11,25H,12H2,(H2,23,24,26). The van der Waals surface area contributed by atoms with Crippen molar-refractivity contribution in [3.63, 3.8) is 0 Å². The molecule has 0 saturated carbocycles. The number of halogens is 2. The highest BCUT2D eigenvalue weighted by atomic mass is 35.5. The van der Waals surface area contributed by atoms with Crippen LogP contribution in [0.4, 0.5) is 20.6 Å². The summed E-state index contributed by atoms with van der Waals surface area (Å²) in [6, 6.07) is 12.1. The van der Waals surface area contributed by atoms with Gasteiger partial charge in [-0.05, 0) is 54.1 Å². The molecular formula is C19H16ClFN4O3S. The summed E-state index contributed by atoms with van der Waals surface area (Å²) in [5, 5.41) is 5.45. The van der Waals surface area contributed by atoms with Gasteiger partial charge in [0.05, 0.1) is 10.6 Å². The number of anilines is 2. The Bertz CT molecular complexity index is 1110. The molecule has 0 bridgehead atoms. The molecule has 2 amide bonds. The predicted octanol–water partition coefficient (Wildman–Crippen LogP) is 4.00. The normalized spacial score (nSPS) is 11.0. The van der Waals surface area contributed by atoms with Crippen molar-refractivity contribution in [2.24, 2.45) is 0 Å². The van der Waals surface area contributed by atoms with Crippen LogP contribution in [0, 0.1) is 5.82 Å². The number of carbonyl (C=O) groups is 1. The second-order valence-electron chi connectivity index (χ2n) is 5.92. The molecule has 1 heterocycles. The molecule has 10 heteroatoms. The molecule has 150 valence electrons. The van der Waals surface area contributed by atoms with Gasteiger partial charge in [0, 0.05) is 29.6 Å². The van der Waals surface area contributed by atoms with Gasteiger partial charge in [-0.25, -0.2) is 17.6 Å². The van der Waals surface area contributed by atoms with Crippen LogP contribution in [-0.2, 0) is 16.6 Å². The van der Waals surface area contributed by atoms with Crippen molar-refractivity contribution in [1.82, 2.24) is 10.3 Å². The zero-order chi connectivity index (χ0) is 20.9. The number of hydrogen-bond acceptors (Lipinski definition) is 4. The molecule has 0 aliphatic heterocycles. The maximum absolute atomic E-state index is 13.8. The lowest BCUT2D eigenvalue weighted by Gasteiger charge is -2.11. The molecule has 7 nitrogen and oxygen atoms in total. The number of urea groups is 1. The topological polar surface area (TPSA) is 100 Å². The maximum Gasteiger partial charge on any atom is 0.319 e. The van der Waals surface area contributed by atoms with Crippen molar-refractivity contribution < 1.29 is 17.6 Å². The lowest BCUT2D eigenvalue weighted by atomic mass is 10.3.